The maximum Gasteiger partial charge on any atom is 0.0739 e. The monoisotopic (exact) mass is 315 g/mol. The molecule has 0 radical (unpaired) electrons. The van der Waals surface area contributed by atoms with Crippen molar-refractivity contribution in [1.29, 1.82) is 0 Å². The third kappa shape index (κ3) is 3.82. The molecule has 1 heterocycles. The number of halogens is 1. The van der Waals surface area contributed by atoms with Crippen molar-refractivity contribution in [2.45, 2.75) is 54.6 Å². The Labute approximate surface area is 119 Å². The van der Waals surface area contributed by atoms with Crippen LogP contribution in [0.15, 0.2) is 4.47 Å². The molecule has 3 nitrogen and oxygen atoms in total. The topological polar surface area (TPSA) is 29.9 Å². The number of nitrogens with zero attached hydrogens (tertiary/aromatic N) is 2. The SMILES string of the molecule is CCn1nc(C)c(Br)c1CNCC(C)C(C)(C)C. The highest BCUT2D eigenvalue weighted by molar-refractivity contribution is 9.10. The molecule has 1 unspecified atom stereocenters. The van der Waals surface area contributed by atoms with Crippen molar-refractivity contribution >= 4 is 15.9 Å². The molecule has 1 aromatic heterocycles. The fourth-order valence-corrected chi connectivity index (χ4v) is 2.18. The molecule has 1 aromatic rings. The third-order valence-corrected chi connectivity index (χ3v) is 4.71. The lowest BCUT2D eigenvalue weighted by atomic mass is 9.82. The van der Waals surface area contributed by atoms with Crippen LogP contribution in [0.5, 0.6) is 0 Å². The van der Waals surface area contributed by atoms with Crippen molar-refractivity contribution in [2.24, 2.45) is 11.3 Å². The first-order chi connectivity index (χ1) is 8.27. The zero-order chi connectivity index (χ0) is 13.9. The second kappa shape index (κ2) is 6.20. The lowest BCUT2D eigenvalue weighted by Crippen LogP contribution is -2.30. The van der Waals surface area contributed by atoms with Gasteiger partial charge in [-0.1, -0.05) is 27.7 Å². The maximum atomic E-state index is 4.50. The maximum absolute atomic E-state index is 4.50. The molecule has 0 aliphatic rings. The Morgan fingerprint density at radius 2 is 2.00 bits per heavy atom. The Kier molecular flexibility index (Phi) is 5.41. The van der Waals surface area contributed by atoms with Gasteiger partial charge in [0.2, 0.25) is 0 Å². The highest BCUT2D eigenvalue weighted by atomic mass is 79.9. The van der Waals surface area contributed by atoms with Gasteiger partial charge in [0, 0.05) is 13.1 Å². The van der Waals surface area contributed by atoms with Crippen LogP contribution in [0.25, 0.3) is 0 Å². The predicted molar refractivity (Wildman–Crippen MR) is 80.7 cm³/mol. The fraction of sp³-hybridized carbons (Fsp3) is 0.786. The van der Waals surface area contributed by atoms with E-state index in [9.17, 15) is 0 Å². The Morgan fingerprint density at radius 1 is 1.39 bits per heavy atom. The van der Waals surface area contributed by atoms with Gasteiger partial charge in [-0.15, -0.1) is 0 Å². The van der Waals surface area contributed by atoms with Gasteiger partial charge in [-0.3, -0.25) is 4.68 Å². The zero-order valence-corrected chi connectivity index (χ0v) is 14.1. The number of nitrogens with one attached hydrogen (secondary N) is 1. The third-order valence-electron chi connectivity index (χ3n) is 3.67. The minimum atomic E-state index is 0.352. The molecule has 0 bridgehead atoms. The van der Waals surface area contributed by atoms with Crippen molar-refractivity contribution in [3.8, 4) is 0 Å². The van der Waals surface area contributed by atoms with Crippen LogP contribution in [-0.2, 0) is 13.1 Å². The fourth-order valence-electron chi connectivity index (χ4n) is 1.75. The lowest BCUT2D eigenvalue weighted by Gasteiger charge is -2.27. The second-order valence-electron chi connectivity index (χ2n) is 6.06. The van der Waals surface area contributed by atoms with Gasteiger partial charge < -0.3 is 5.32 Å². The van der Waals surface area contributed by atoms with Gasteiger partial charge in [-0.05, 0) is 47.7 Å². The van der Waals surface area contributed by atoms with Gasteiger partial charge in [0.1, 0.15) is 0 Å². The van der Waals surface area contributed by atoms with Gasteiger partial charge in [0.25, 0.3) is 0 Å². The molecule has 0 aliphatic heterocycles. The van der Waals surface area contributed by atoms with Crippen molar-refractivity contribution in [2.75, 3.05) is 6.54 Å². The molecule has 4 heteroatoms. The minimum Gasteiger partial charge on any atom is -0.311 e. The van der Waals surface area contributed by atoms with E-state index in [1.165, 1.54) is 5.69 Å². The summed E-state index contributed by atoms with van der Waals surface area (Å²) in [6.07, 6.45) is 0. The smallest absolute Gasteiger partial charge is 0.0739 e. The Hall–Kier alpha value is -0.350. The van der Waals surface area contributed by atoms with Crippen LogP contribution in [0, 0.1) is 18.3 Å². The van der Waals surface area contributed by atoms with E-state index in [1.54, 1.807) is 0 Å². The van der Waals surface area contributed by atoms with Gasteiger partial charge in [0.15, 0.2) is 0 Å². The molecule has 0 fully saturated rings. The number of aryl methyl sites for hydroxylation is 2. The molecule has 0 aromatic carbocycles. The summed E-state index contributed by atoms with van der Waals surface area (Å²) in [7, 11) is 0. The van der Waals surface area contributed by atoms with E-state index in [0.29, 0.717) is 11.3 Å². The molecule has 1 atom stereocenters. The molecular formula is C14H26BrN3. The Morgan fingerprint density at radius 3 is 2.50 bits per heavy atom. The van der Waals surface area contributed by atoms with Crippen LogP contribution >= 0.6 is 15.9 Å². The van der Waals surface area contributed by atoms with Crippen molar-refractivity contribution in [1.82, 2.24) is 15.1 Å². The van der Waals surface area contributed by atoms with Crippen molar-refractivity contribution < 1.29 is 0 Å². The van der Waals surface area contributed by atoms with Crippen LogP contribution in [0.1, 0.15) is 46.0 Å². The summed E-state index contributed by atoms with van der Waals surface area (Å²) in [6, 6.07) is 0. The van der Waals surface area contributed by atoms with E-state index in [2.05, 4.69) is 65.6 Å². The van der Waals surface area contributed by atoms with Crippen molar-refractivity contribution in [3.05, 3.63) is 15.9 Å². The largest absolute Gasteiger partial charge is 0.311 e. The highest BCUT2D eigenvalue weighted by Crippen LogP contribution is 2.25. The van der Waals surface area contributed by atoms with Crippen LogP contribution in [0.2, 0.25) is 0 Å². The first-order valence-corrected chi connectivity index (χ1v) is 7.49. The van der Waals surface area contributed by atoms with E-state index in [4.69, 9.17) is 0 Å². The van der Waals surface area contributed by atoms with Gasteiger partial charge >= 0.3 is 0 Å². The summed E-state index contributed by atoms with van der Waals surface area (Å²) < 4.78 is 3.20. The zero-order valence-electron chi connectivity index (χ0n) is 12.5. The number of hydrogen-bond acceptors (Lipinski definition) is 2. The lowest BCUT2D eigenvalue weighted by molar-refractivity contribution is 0.252. The van der Waals surface area contributed by atoms with Crippen LogP contribution in [0.4, 0.5) is 0 Å². The van der Waals surface area contributed by atoms with Gasteiger partial charge in [0.05, 0.1) is 15.9 Å². The van der Waals surface area contributed by atoms with Crippen LogP contribution < -0.4 is 5.32 Å². The minimum absolute atomic E-state index is 0.352. The number of hydrogen-bond donors (Lipinski definition) is 1. The molecule has 0 aliphatic carbocycles. The van der Waals surface area contributed by atoms with E-state index < -0.39 is 0 Å². The quantitative estimate of drug-likeness (QED) is 0.897. The van der Waals surface area contributed by atoms with E-state index in [1.807, 2.05) is 6.92 Å². The molecule has 0 saturated carbocycles. The van der Waals surface area contributed by atoms with E-state index in [-0.39, 0.29) is 0 Å². The molecule has 1 N–H and O–H groups in total. The van der Waals surface area contributed by atoms with Crippen LogP contribution in [0.3, 0.4) is 0 Å². The predicted octanol–water partition coefficient (Wildman–Crippen LogP) is 3.75. The molecule has 104 valence electrons. The average Bonchev–Trinajstić information content (AvgIpc) is 2.55. The molecule has 0 amide bonds. The van der Waals surface area contributed by atoms with Crippen LogP contribution in [-0.4, -0.2) is 16.3 Å². The summed E-state index contributed by atoms with van der Waals surface area (Å²) >= 11 is 3.63. The molecule has 0 spiro atoms. The standard InChI is InChI=1S/C14H26BrN3/c1-7-18-12(13(15)11(3)17-18)9-16-8-10(2)14(4,5)6/h10,16H,7-9H2,1-6H3. The summed E-state index contributed by atoms with van der Waals surface area (Å²) in [5, 5.41) is 8.05. The summed E-state index contributed by atoms with van der Waals surface area (Å²) in [6.45, 7) is 16.1. The summed E-state index contributed by atoms with van der Waals surface area (Å²) in [4.78, 5) is 0. The number of rotatable bonds is 5. The summed E-state index contributed by atoms with van der Waals surface area (Å²) in [5.41, 5.74) is 2.67. The van der Waals surface area contributed by atoms with Crippen molar-refractivity contribution in [3.63, 3.8) is 0 Å². The molecule has 1 rings (SSSR count). The van der Waals surface area contributed by atoms with E-state index >= 15 is 0 Å². The molecule has 0 saturated heterocycles. The Balaban J connectivity index is 2.59. The molecular weight excluding hydrogens is 290 g/mol. The first-order valence-electron chi connectivity index (χ1n) is 6.69. The highest BCUT2D eigenvalue weighted by Gasteiger charge is 2.20. The number of aromatic nitrogens is 2. The van der Waals surface area contributed by atoms with E-state index in [0.717, 1.165) is 29.8 Å². The average molecular weight is 316 g/mol. The molecule has 18 heavy (non-hydrogen) atoms. The normalized spacial score (nSPS) is 13.9. The first kappa shape index (κ1) is 15.7. The van der Waals surface area contributed by atoms with Gasteiger partial charge in [-0.25, -0.2) is 0 Å². The summed E-state index contributed by atoms with van der Waals surface area (Å²) in [5.74, 6) is 0.648. The Bertz CT molecular complexity index is 390. The second-order valence-corrected chi connectivity index (χ2v) is 6.85. The van der Waals surface area contributed by atoms with Gasteiger partial charge in [-0.2, -0.15) is 5.10 Å².